The van der Waals surface area contributed by atoms with Gasteiger partial charge in [0.25, 0.3) is 0 Å². The van der Waals surface area contributed by atoms with E-state index in [4.69, 9.17) is 13.6 Å². The lowest BCUT2D eigenvalue weighted by atomic mass is 10.0. The number of hydrogen-bond acceptors (Lipinski definition) is 4. The summed E-state index contributed by atoms with van der Waals surface area (Å²) in [5.74, 6) is 0. The highest BCUT2D eigenvalue weighted by Crippen LogP contribution is 2.41. The van der Waals surface area contributed by atoms with Crippen molar-refractivity contribution in [3.63, 3.8) is 0 Å². The molecule has 1 unspecified atom stereocenters. The number of rotatable bonds is 7. The maximum absolute atomic E-state index is 6.91. The number of benzene rings is 1. The molecule has 1 N–H and O–H groups in total. The average molecular weight is 464 g/mol. The molecular formula is C25H45NO3Si2. The van der Waals surface area contributed by atoms with E-state index in [1.165, 1.54) is 0 Å². The molecule has 0 amide bonds. The summed E-state index contributed by atoms with van der Waals surface area (Å²) >= 11 is 0. The maximum atomic E-state index is 6.91. The van der Waals surface area contributed by atoms with Gasteiger partial charge in [-0.1, -0.05) is 78.0 Å². The minimum atomic E-state index is -2.02. The maximum Gasteiger partial charge on any atom is 0.192 e. The van der Waals surface area contributed by atoms with Crippen molar-refractivity contribution in [3.8, 4) is 0 Å². The van der Waals surface area contributed by atoms with Gasteiger partial charge in [0, 0.05) is 0 Å². The predicted molar refractivity (Wildman–Crippen MR) is 136 cm³/mol. The summed E-state index contributed by atoms with van der Waals surface area (Å²) in [6.45, 7) is 27.5. The molecule has 0 radical (unpaired) electrons. The molecule has 4 atom stereocenters. The summed E-state index contributed by atoms with van der Waals surface area (Å²) in [6.07, 6.45) is 1.35. The highest BCUT2D eigenvalue weighted by Gasteiger charge is 2.47. The van der Waals surface area contributed by atoms with Gasteiger partial charge < -0.3 is 13.6 Å². The molecule has 6 heteroatoms. The van der Waals surface area contributed by atoms with Crippen LogP contribution < -0.4 is 5.32 Å². The molecule has 1 heterocycles. The van der Waals surface area contributed by atoms with E-state index in [1.54, 1.807) is 0 Å². The lowest BCUT2D eigenvalue weighted by molar-refractivity contribution is -0.127. The Labute approximate surface area is 193 Å². The van der Waals surface area contributed by atoms with Gasteiger partial charge in [-0.2, -0.15) is 0 Å². The number of hydrogen-bond donors (Lipinski definition) is 1. The molecule has 0 saturated carbocycles. The fourth-order valence-corrected chi connectivity index (χ4v) is 5.47. The van der Waals surface area contributed by atoms with Crippen molar-refractivity contribution >= 4 is 16.6 Å². The standard InChI is InChI=1S/C25H45NO3Si2/c1-12-21-22(29-31(10,11)25(5,6)7)20(18-27-30(8,9)24(2,3)4)26-23(28-21)19-16-14-13-15-17-19/h12-17,20-23,26H,1,18H2,2-11H3/t20-,21+,22-,23?/m1/s1. The molecule has 0 spiro atoms. The first-order valence-electron chi connectivity index (χ1n) is 11.5. The second kappa shape index (κ2) is 9.61. The van der Waals surface area contributed by atoms with Crippen LogP contribution in [0, 0.1) is 0 Å². The van der Waals surface area contributed by atoms with E-state index in [2.05, 4.69) is 91.8 Å². The monoisotopic (exact) mass is 463 g/mol. The molecule has 0 aliphatic carbocycles. The van der Waals surface area contributed by atoms with Gasteiger partial charge in [0.15, 0.2) is 16.6 Å². The van der Waals surface area contributed by atoms with Crippen molar-refractivity contribution in [1.29, 1.82) is 0 Å². The normalized spacial score (nSPS) is 26.0. The smallest absolute Gasteiger partial charge is 0.192 e. The van der Waals surface area contributed by atoms with Gasteiger partial charge in [0.2, 0.25) is 0 Å². The van der Waals surface area contributed by atoms with Gasteiger partial charge in [-0.15, -0.1) is 6.58 Å². The molecule has 31 heavy (non-hydrogen) atoms. The van der Waals surface area contributed by atoms with E-state index in [0.717, 1.165) is 5.56 Å². The molecule has 0 bridgehead atoms. The molecule has 1 aromatic carbocycles. The van der Waals surface area contributed by atoms with Gasteiger partial charge >= 0.3 is 0 Å². The Kier molecular flexibility index (Phi) is 8.21. The summed E-state index contributed by atoms with van der Waals surface area (Å²) < 4.78 is 20.0. The third kappa shape index (κ3) is 6.39. The molecule has 1 saturated heterocycles. The summed E-state index contributed by atoms with van der Waals surface area (Å²) in [7, 11) is -3.92. The van der Waals surface area contributed by atoms with Gasteiger partial charge in [-0.3, -0.25) is 5.32 Å². The van der Waals surface area contributed by atoms with Gasteiger partial charge in [-0.25, -0.2) is 0 Å². The van der Waals surface area contributed by atoms with Gasteiger partial charge in [-0.05, 0) is 41.8 Å². The zero-order chi connectivity index (χ0) is 23.7. The van der Waals surface area contributed by atoms with E-state index in [-0.39, 0.29) is 34.6 Å². The predicted octanol–water partition coefficient (Wildman–Crippen LogP) is 6.64. The molecule has 1 aromatic rings. The molecule has 4 nitrogen and oxygen atoms in total. The van der Waals surface area contributed by atoms with Crippen LogP contribution in [-0.4, -0.2) is 41.5 Å². The zero-order valence-electron chi connectivity index (χ0n) is 21.4. The molecule has 1 aliphatic heterocycles. The van der Waals surface area contributed by atoms with Crippen molar-refractivity contribution in [3.05, 3.63) is 48.6 Å². The largest absolute Gasteiger partial charge is 0.415 e. The highest BCUT2D eigenvalue weighted by atomic mass is 28.4. The Morgan fingerprint density at radius 2 is 1.52 bits per heavy atom. The minimum absolute atomic E-state index is 0.0187. The summed E-state index contributed by atoms with van der Waals surface area (Å²) in [6, 6.07) is 10.3. The van der Waals surface area contributed by atoms with Crippen molar-refractivity contribution in [2.24, 2.45) is 0 Å². The van der Waals surface area contributed by atoms with E-state index in [9.17, 15) is 0 Å². The Bertz CT molecular complexity index is 723. The lowest BCUT2D eigenvalue weighted by Gasteiger charge is -2.48. The van der Waals surface area contributed by atoms with E-state index < -0.39 is 16.6 Å². The number of ether oxygens (including phenoxy) is 1. The van der Waals surface area contributed by atoms with E-state index in [0.29, 0.717) is 6.61 Å². The second-order valence-corrected chi connectivity index (χ2v) is 21.4. The van der Waals surface area contributed by atoms with Crippen LogP contribution in [0.15, 0.2) is 43.0 Å². The molecular weight excluding hydrogens is 418 g/mol. The third-order valence-electron chi connectivity index (χ3n) is 7.38. The lowest BCUT2D eigenvalue weighted by Crippen LogP contribution is -2.62. The van der Waals surface area contributed by atoms with Crippen LogP contribution in [0.3, 0.4) is 0 Å². The van der Waals surface area contributed by atoms with Crippen LogP contribution in [0.1, 0.15) is 53.3 Å². The van der Waals surface area contributed by atoms with Crippen LogP contribution in [0.2, 0.25) is 36.3 Å². The molecule has 1 fully saturated rings. The molecule has 2 rings (SSSR count). The van der Waals surface area contributed by atoms with Crippen LogP contribution in [0.4, 0.5) is 0 Å². The fraction of sp³-hybridized carbons (Fsp3) is 0.680. The van der Waals surface area contributed by atoms with Crippen molar-refractivity contribution in [2.75, 3.05) is 6.61 Å². The zero-order valence-corrected chi connectivity index (χ0v) is 23.4. The topological polar surface area (TPSA) is 39.7 Å². The van der Waals surface area contributed by atoms with Crippen LogP contribution in [0.25, 0.3) is 0 Å². The second-order valence-electron chi connectivity index (χ2n) is 11.8. The quantitative estimate of drug-likeness (QED) is 0.363. The highest BCUT2D eigenvalue weighted by molar-refractivity contribution is 6.74. The van der Waals surface area contributed by atoms with E-state index in [1.807, 2.05) is 24.3 Å². The van der Waals surface area contributed by atoms with E-state index >= 15 is 0 Å². The average Bonchev–Trinajstić information content (AvgIpc) is 2.65. The first-order chi connectivity index (χ1) is 14.1. The first kappa shape index (κ1) is 26.5. The summed E-state index contributed by atoms with van der Waals surface area (Å²) in [4.78, 5) is 0. The first-order valence-corrected chi connectivity index (χ1v) is 17.3. The van der Waals surface area contributed by atoms with Crippen molar-refractivity contribution < 1.29 is 13.6 Å². The molecule has 176 valence electrons. The SMILES string of the molecule is C=C[C@@H]1OC(c2ccccc2)N[C@H](CO[Si](C)(C)C(C)(C)C)[C@H]1O[Si](C)(C)C(C)(C)C. The summed E-state index contributed by atoms with van der Waals surface area (Å²) in [5, 5.41) is 3.97. The summed E-state index contributed by atoms with van der Waals surface area (Å²) in [5.41, 5.74) is 1.11. The Morgan fingerprint density at radius 1 is 0.968 bits per heavy atom. The minimum Gasteiger partial charge on any atom is -0.415 e. The van der Waals surface area contributed by atoms with Crippen molar-refractivity contribution in [2.45, 2.75) is 102 Å². The van der Waals surface area contributed by atoms with Crippen LogP contribution >= 0.6 is 0 Å². The Morgan fingerprint density at radius 3 is 2.00 bits per heavy atom. The Balaban J connectivity index is 2.34. The van der Waals surface area contributed by atoms with Crippen LogP contribution in [-0.2, 0) is 13.6 Å². The number of nitrogens with one attached hydrogen (secondary N) is 1. The van der Waals surface area contributed by atoms with Crippen molar-refractivity contribution in [1.82, 2.24) is 5.32 Å². The molecule has 0 aromatic heterocycles. The molecule has 1 aliphatic rings. The fourth-order valence-electron chi connectivity index (χ4n) is 3.11. The Hall–Kier alpha value is -0.766. The third-order valence-corrected chi connectivity index (χ3v) is 16.4. The van der Waals surface area contributed by atoms with Crippen LogP contribution in [0.5, 0.6) is 0 Å². The van der Waals surface area contributed by atoms with Gasteiger partial charge in [0.05, 0.1) is 18.8 Å². The van der Waals surface area contributed by atoms with Gasteiger partial charge in [0.1, 0.15) is 12.3 Å².